The molecule has 0 aromatic carbocycles. The maximum absolute atomic E-state index is 12.6. The van der Waals surface area contributed by atoms with Gasteiger partial charge in [0.15, 0.2) is 0 Å². The van der Waals surface area contributed by atoms with Gasteiger partial charge in [0.2, 0.25) is 0 Å². The molecule has 0 heterocycles. The van der Waals surface area contributed by atoms with Crippen molar-refractivity contribution >= 4 is 13.8 Å². The van der Waals surface area contributed by atoms with E-state index in [4.69, 9.17) is 18.5 Å². The maximum Gasteiger partial charge on any atom is 0.472 e. The molecule has 0 aromatic heterocycles. The third kappa shape index (κ3) is 38.6. The average Bonchev–Trinajstić information content (AvgIpc) is 3.04. The predicted molar refractivity (Wildman–Crippen MR) is 206 cm³/mol. The second-order valence-electron chi connectivity index (χ2n) is 15.4. The molecule has 8 nitrogen and oxygen atoms in total. The molecule has 1 N–H and O–H groups in total. The lowest BCUT2D eigenvalue weighted by Gasteiger charge is -2.24. The quantitative estimate of drug-likeness (QED) is 0.0292. The highest BCUT2D eigenvalue weighted by Crippen LogP contribution is 2.43. The Hall–Kier alpha value is -0.500. The molecule has 0 aliphatic carbocycles. The van der Waals surface area contributed by atoms with Gasteiger partial charge in [0, 0.05) is 13.0 Å². The van der Waals surface area contributed by atoms with Crippen molar-refractivity contribution < 1.29 is 37.3 Å². The number of ether oxygens (including phenoxy) is 2. The van der Waals surface area contributed by atoms with Gasteiger partial charge in [0.1, 0.15) is 19.3 Å². The third-order valence-electron chi connectivity index (χ3n) is 9.17. The Balaban J connectivity index is 4.22. The number of quaternary nitrogens is 1. The van der Waals surface area contributed by atoms with Crippen LogP contribution in [0, 0.1) is 0 Å². The molecular weight excluding hydrogens is 637 g/mol. The van der Waals surface area contributed by atoms with Crippen LogP contribution in [0.5, 0.6) is 0 Å². The number of unbranched alkanes of at least 4 members (excludes halogenated alkanes) is 25. The van der Waals surface area contributed by atoms with E-state index < -0.39 is 13.9 Å². The van der Waals surface area contributed by atoms with Crippen LogP contribution in [-0.4, -0.2) is 75.6 Å². The number of esters is 1. The summed E-state index contributed by atoms with van der Waals surface area (Å²) in [6.07, 6.45) is 34.0. The van der Waals surface area contributed by atoms with Crippen molar-refractivity contribution in [2.75, 3.05) is 54.1 Å². The van der Waals surface area contributed by atoms with Crippen LogP contribution in [0.25, 0.3) is 0 Å². The van der Waals surface area contributed by atoms with E-state index >= 15 is 0 Å². The summed E-state index contributed by atoms with van der Waals surface area (Å²) < 4.78 is 34.9. The third-order valence-corrected chi connectivity index (χ3v) is 10.2. The number of hydrogen-bond acceptors (Lipinski definition) is 6. The lowest BCUT2D eigenvalue weighted by Crippen LogP contribution is -2.37. The SMILES string of the molecule is CCCCCCCCCCCCCCCCOC[C@H](COP(=O)(O)OCC[N+](C)(C)C)OC(=O)CCCCCCCCCCCCCCC. The minimum absolute atomic E-state index is 0.0937. The largest absolute Gasteiger partial charge is 0.472 e. The number of likely N-dealkylation sites (N-methyl/N-ethyl adjacent to an activating group) is 1. The molecule has 0 bridgehead atoms. The predicted octanol–water partition coefficient (Wildman–Crippen LogP) is 11.7. The van der Waals surface area contributed by atoms with Crippen molar-refractivity contribution in [2.24, 2.45) is 0 Å². The van der Waals surface area contributed by atoms with Crippen LogP contribution in [0.3, 0.4) is 0 Å². The summed E-state index contributed by atoms with van der Waals surface area (Å²) in [5.74, 6) is -0.310. The van der Waals surface area contributed by atoms with E-state index in [0.717, 1.165) is 32.1 Å². The Morgan fingerprint density at radius 2 is 0.939 bits per heavy atom. The van der Waals surface area contributed by atoms with Crippen LogP contribution in [0.15, 0.2) is 0 Å². The van der Waals surface area contributed by atoms with E-state index in [1.807, 2.05) is 21.1 Å². The van der Waals surface area contributed by atoms with Gasteiger partial charge in [-0.05, 0) is 12.8 Å². The van der Waals surface area contributed by atoms with Gasteiger partial charge in [-0.25, -0.2) is 4.57 Å². The van der Waals surface area contributed by atoms with Crippen LogP contribution >= 0.6 is 7.82 Å². The molecule has 0 aliphatic heterocycles. The molecule has 0 rings (SSSR count). The van der Waals surface area contributed by atoms with Crippen LogP contribution in [0.1, 0.15) is 194 Å². The maximum atomic E-state index is 12.6. The first-order valence-electron chi connectivity index (χ1n) is 20.8. The van der Waals surface area contributed by atoms with Gasteiger partial charge < -0.3 is 18.9 Å². The van der Waals surface area contributed by atoms with Crippen LogP contribution < -0.4 is 0 Å². The number of carbonyl (C=O) groups excluding carboxylic acids is 1. The van der Waals surface area contributed by atoms with E-state index in [2.05, 4.69) is 13.8 Å². The molecule has 2 atom stereocenters. The summed E-state index contributed by atoms with van der Waals surface area (Å²) in [5.41, 5.74) is 0. The highest BCUT2D eigenvalue weighted by Gasteiger charge is 2.26. The number of hydrogen-bond donors (Lipinski definition) is 1. The molecule has 0 saturated carbocycles. The molecule has 0 saturated heterocycles. The van der Waals surface area contributed by atoms with Crippen molar-refractivity contribution in [3.8, 4) is 0 Å². The van der Waals surface area contributed by atoms with E-state index in [1.54, 1.807) is 0 Å². The second-order valence-corrected chi connectivity index (χ2v) is 16.8. The number of phosphoric acid groups is 1. The fourth-order valence-electron chi connectivity index (χ4n) is 5.91. The molecule has 0 fully saturated rings. The van der Waals surface area contributed by atoms with Gasteiger partial charge in [-0.2, -0.15) is 0 Å². The molecular formula is C40H83NO7P+. The number of rotatable bonds is 39. The van der Waals surface area contributed by atoms with Gasteiger partial charge in [0.25, 0.3) is 0 Å². The van der Waals surface area contributed by atoms with Gasteiger partial charge >= 0.3 is 13.8 Å². The topological polar surface area (TPSA) is 91.3 Å². The summed E-state index contributed by atoms with van der Waals surface area (Å²) in [7, 11) is 1.68. The van der Waals surface area contributed by atoms with Gasteiger partial charge in [-0.1, -0.05) is 174 Å². The summed E-state index contributed by atoms with van der Waals surface area (Å²) in [4.78, 5) is 22.8. The summed E-state index contributed by atoms with van der Waals surface area (Å²) >= 11 is 0. The lowest BCUT2D eigenvalue weighted by molar-refractivity contribution is -0.870. The Morgan fingerprint density at radius 1 is 0.551 bits per heavy atom. The molecule has 9 heteroatoms. The minimum Gasteiger partial charge on any atom is -0.457 e. The van der Waals surface area contributed by atoms with Gasteiger partial charge in [-0.3, -0.25) is 13.8 Å². The molecule has 0 spiro atoms. The zero-order valence-corrected chi connectivity index (χ0v) is 34.1. The molecule has 294 valence electrons. The summed E-state index contributed by atoms with van der Waals surface area (Å²) in [5, 5.41) is 0. The Bertz CT molecular complexity index is 761. The standard InChI is InChI=1S/C40H82NO7P/c1-6-8-10-12-14-16-18-20-22-24-26-28-30-32-35-45-37-39(38-47-49(43,44)46-36-34-41(3,4)5)48-40(42)33-31-29-27-25-23-21-19-17-15-13-11-9-7-2/h39H,6-38H2,1-5H3/p+1/t39-/m1/s1. The van der Waals surface area contributed by atoms with Crippen LogP contribution in [0.4, 0.5) is 0 Å². The zero-order chi connectivity index (χ0) is 36.3. The van der Waals surface area contributed by atoms with E-state index in [1.165, 1.54) is 141 Å². The molecule has 0 aliphatic rings. The number of carbonyl (C=O) groups is 1. The van der Waals surface area contributed by atoms with Gasteiger partial charge in [0.05, 0.1) is 34.4 Å². The first-order chi connectivity index (χ1) is 23.6. The molecule has 0 radical (unpaired) electrons. The van der Waals surface area contributed by atoms with Crippen molar-refractivity contribution in [3.63, 3.8) is 0 Å². The highest BCUT2D eigenvalue weighted by molar-refractivity contribution is 7.47. The smallest absolute Gasteiger partial charge is 0.457 e. The van der Waals surface area contributed by atoms with Crippen molar-refractivity contribution in [1.29, 1.82) is 0 Å². The monoisotopic (exact) mass is 721 g/mol. The van der Waals surface area contributed by atoms with E-state index in [0.29, 0.717) is 24.1 Å². The normalized spacial score (nSPS) is 13.8. The average molecular weight is 721 g/mol. The summed E-state index contributed by atoms with van der Waals surface area (Å²) in [6, 6.07) is 0. The molecule has 1 unspecified atom stereocenters. The Morgan fingerprint density at radius 3 is 1.35 bits per heavy atom. The van der Waals surface area contributed by atoms with Gasteiger partial charge in [-0.15, -0.1) is 0 Å². The number of phosphoric ester groups is 1. The Kier molecular flexibility index (Phi) is 34.2. The second kappa shape index (κ2) is 34.6. The lowest BCUT2D eigenvalue weighted by atomic mass is 10.0. The number of nitrogens with zero attached hydrogens (tertiary/aromatic N) is 1. The molecule has 0 amide bonds. The fourth-order valence-corrected chi connectivity index (χ4v) is 6.65. The van der Waals surface area contributed by atoms with Crippen molar-refractivity contribution in [3.05, 3.63) is 0 Å². The Labute approximate surface area is 304 Å². The van der Waals surface area contributed by atoms with Crippen molar-refractivity contribution in [2.45, 2.75) is 200 Å². The van der Waals surface area contributed by atoms with Crippen molar-refractivity contribution in [1.82, 2.24) is 0 Å². The summed E-state index contributed by atoms with van der Waals surface area (Å²) in [6.45, 7) is 5.66. The van der Waals surface area contributed by atoms with E-state index in [9.17, 15) is 14.3 Å². The fraction of sp³-hybridized carbons (Fsp3) is 0.975. The first-order valence-corrected chi connectivity index (χ1v) is 22.3. The van der Waals surface area contributed by atoms with Crippen LogP contribution in [-0.2, 0) is 27.9 Å². The minimum atomic E-state index is -4.26. The van der Waals surface area contributed by atoms with Crippen LogP contribution in [0.2, 0.25) is 0 Å². The molecule has 49 heavy (non-hydrogen) atoms. The van der Waals surface area contributed by atoms with E-state index in [-0.39, 0.29) is 25.8 Å². The molecule has 0 aromatic rings. The zero-order valence-electron chi connectivity index (χ0n) is 33.2. The first kappa shape index (κ1) is 48.5. The highest BCUT2D eigenvalue weighted by atomic mass is 31.2.